The largest absolute Gasteiger partial charge is 0.416 e. The van der Waals surface area contributed by atoms with Crippen LogP contribution in [0.25, 0.3) is 22.8 Å². The van der Waals surface area contributed by atoms with E-state index in [0.29, 0.717) is 17.0 Å². The van der Waals surface area contributed by atoms with Gasteiger partial charge in [0.2, 0.25) is 5.91 Å². The van der Waals surface area contributed by atoms with Crippen LogP contribution in [0.4, 0.5) is 19.0 Å². The molecule has 156 valence electrons. The Bertz CT molecular complexity index is 1040. The average Bonchev–Trinajstić information content (AvgIpc) is 2.72. The number of halogens is 4. The summed E-state index contributed by atoms with van der Waals surface area (Å²) in [6.07, 6.45) is -2.88. The molecule has 2 aromatic heterocycles. The van der Waals surface area contributed by atoms with Crippen molar-refractivity contribution >= 4 is 23.3 Å². The van der Waals surface area contributed by atoms with E-state index in [1.807, 2.05) is 0 Å². The number of amides is 1. The van der Waals surface area contributed by atoms with E-state index in [4.69, 9.17) is 11.6 Å². The first-order valence-corrected chi connectivity index (χ1v) is 9.15. The minimum atomic E-state index is -4.45. The summed E-state index contributed by atoms with van der Waals surface area (Å²) >= 11 is 6.45. The molecule has 1 N–H and O–H groups in total. The van der Waals surface area contributed by atoms with Crippen molar-refractivity contribution in [2.24, 2.45) is 0 Å². The van der Waals surface area contributed by atoms with Crippen LogP contribution in [0.3, 0.4) is 0 Å². The topological polar surface area (TPSA) is 71.0 Å². The highest BCUT2D eigenvalue weighted by molar-refractivity contribution is 6.35. The lowest BCUT2D eigenvalue weighted by atomic mass is 10.1. The van der Waals surface area contributed by atoms with Gasteiger partial charge in [-0.25, -0.2) is 9.97 Å². The Balaban J connectivity index is 2.06. The first-order valence-electron chi connectivity index (χ1n) is 8.77. The van der Waals surface area contributed by atoms with Gasteiger partial charge in [0.1, 0.15) is 16.5 Å². The maximum absolute atomic E-state index is 12.9. The molecule has 0 unspecified atom stereocenters. The van der Waals surface area contributed by atoms with Crippen LogP contribution < -0.4 is 5.32 Å². The van der Waals surface area contributed by atoms with E-state index in [1.54, 1.807) is 38.5 Å². The number of aromatic nitrogens is 3. The van der Waals surface area contributed by atoms with Gasteiger partial charge in [0, 0.05) is 25.9 Å². The first kappa shape index (κ1) is 21.5. The van der Waals surface area contributed by atoms with E-state index < -0.39 is 11.7 Å². The third-order valence-electron chi connectivity index (χ3n) is 4.14. The second-order valence-corrected chi connectivity index (χ2v) is 6.87. The number of likely N-dealkylation sites (N-methyl/N-ethyl adjacent to an activating group) is 1. The van der Waals surface area contributed by atoms with E-state index in [2.05, 4.69) is 20.3 Å². The van der Waals surface area contributed by atoms with Gasteiger partial charge in [-0.15, -0.1) is 0 Å². The molecule has 0 aliphatic heterocycles. The average molecular weight is 436 g/mol. The number of rotatable bonds is 5. The van der Waals surface area contributed by atoms with E-state index in [-0.39, 0.29) is 29.1 Å². The predicted molar refractivity (Wildman–Crippen MR) is 108 cm³/mol. The van der Waals surface area contributed by atoms with Gasteiger partial charge in [-0.05, 0) is 24.3 Å². The van der Waals surface area contributed by atoms with Crippen LogP contribution >= 0.6 is 11.6 Å². The fraction of sp³-hybridized carbons (Fsp3) is 0.200. The molecule has 0 saturated heterocycles. The number of hydrogen-bond acceptors (Lipinski definition) is 5. The van der Waals surface area contributed by atoms with Gasteiger partial charge in [0.05, 0.1) is 17.8 Å². The standard InChI is InChI=1S/C20H17ClF3N5O/c1-29(2)15(30)11-26-19-16(21)17(14-5-3-4-10-25-14)27-18(28-19)12-6-8-13(9-7-12)20(22,23)24/h3-10H,11H2,1-2H3,(H,26,27,28). The molecule has 0 bridgehead atoms. The van der Waals surface area contributed by atoms with E-state index in [1.165, 1.54) is 17.0 Å². The molecule has 0 fully saturated rings. The van der Waals surface area contributed by atoms with Crippen LogP contribution in [0.1, 0.15) is 5.56 Å². The SMILES string of the molecule is CN(C)C(=O)CNc1nc(-c2ccc(C(F)(F)F)cc2)nc(-c2ccccn2)c1Cl. The molecule has 0 atom stereocenters. The van der Waals surface area contributed by atoms with Gasteiger partial charge < -0.3 is 10.2 Å². The molecule has 0 aliphatic carbocycles. The molecule has 0 spiro atoms. The van der Waals surface area contributed by atoms with Crippen LogP contribution in [0, 0.1) is 0 Å². The smallest absolute Gasteiger partial charge is 0.360 e. The third kappa shape index (κ3) is 4.85. The second kappa shape index (κ2) is 8.66. The molecule has 3 rings (SSSR count). The zero-order valence-corrected chi connectivity index (χ0v) is 16.8. The van der Waals surface area contributed by atoms with E-state index in [0.717, 1.165) is 12.1 Å². The molecule has 0 saturated carbocycles. The van der Waals surface area contributed by atoms with Crippen LogP contribution in [0.2, 0.25) is 5.02 Å². The molecule has 0 aliphatic rings. The Kier molecular flexibility index (Phi) is 6.21. The zero-order valence-electron chi connectivity index (χ0n) is 16.0. The molecular weight excluding hydrogens is 419 g/mol. The molecule has 1 aromatic carbocycles. The van der Waals surface area contributed by atoms with Crippen molar-refractivity contribution in [3.63, 3.8) is 0 Å². The predicted octanol–water partition coefficient (Wildman–Crippen LogP) is 4.38. The summed E-state index contributed by atoms with van der Waals surface area (Å²) in [5.41, 5.74) is 0.334. The highest BCUT2D eigenvalue weighted by Crippen LogP contribution is 2.34. The monoisotopic (exact) mass is 435 g/mol. The summed E-state index contributed by atoms with van der Waals surface area (Å²) in [7, 11) is 3.22. The number of carbonyl (C=O) groups is 1. The number of carbonyl (C=O) groups excluding carboxylic acids is 1. The molecule has 0 radical (unpaired) electrons. The number of benzene rings is 1. The highest BCUT2D eigenvalue weighted by Gasteiger charge is 2.30. The maximum Gasteiger partial charge on any atom is 0.416 e. The minimum absolute atomic E-state index is 0.0716. The number of nitrogens with zero attached hydrogens (tertiary/aromatic N) is 4. The van der Waals surface area contributed by atoms with E-state index >= 15 is 0 Å². The van der Waals surface area contributed by atoms with Gasteiger partial charge in [0.15, 0.2) is 5.82 Å². The van der Waals surface area contributed by atoms with Crippen molar-refractivity contribution in [3.8, 4) is 22.8 Å². The fourth-order valence-corrected chi connectivity index (χ4v) is 2.74. The van der Waals surface area contributed by atoms with Crippen molar-refractivity contribution in [2.45, 2.75) is 6.18 Å². The van der Waals surface area contributed by atoms with Gasteiger partial charge in [-0.3, -0.25) is 9.78 Å². The zero-order chi connectivity index (χ0) is 21.9. The highest BCUT2D eigenvalue weighted by atomic mass is 35.5. The fourth-order valence-electron chi connectivity index (χ4n) is 2.49. The summed E-state index contributed by atoms with van der Waals surface area (Å²) in [4.78, 5) is 26.3. The number of pyridine rings is 1. The van der Waals surface area contributed by atoms with Gasteiger partial charge in [-0.1, -0.05) is 29.8 Å². The summed E-state index contributed by atoms with van der Waals surface area (Å²) in [6.45, 7) is -0.0716. The van der Waals surface area contributed by atoms with Gasteiger partial charge in [0.25, 0.3) is 0 Å². The number of nitrogens with one attached hydrogen (secondary N) is 1. The van der Waals surface area contributed by atoms with Crippen molar-refractivity contribution in [1.82, 2.24) is 19.9 Å². The maximum atomic E-state index is 12.9. The third-order valence-corrected chi connectivity index (χ3v) is 4.49. The molecule has 10 heteroatoms. The summed E-state index contributed by atoms with van der Waals surface area (Å²) < 4.78 is 38.6. The summed E-state index contributed by atoms with van der Waals surface area (Å²) in [5, 5.41) is 3.02. The molecule has 3 aromatic rings. The number of alkyl halides is 3. The first-order chi connectivity index (χ1) is 14.2. The Hall–Kier alpha value is -3.20. The van der Waals surface area contributed by atoms with Crippen molar-refractivity contribution in [3.05, 3.63) is 59.2 Å². The Morgan fingerprint density at radius 1 is 1.10 bits per heavy atom. The molecule has 6 nitrogen and oxygen atoms in total. The lowest BCUT2D eigenvalue weighted by Gasteiger charge is -2.15. The Morgan fingerprint density at radius 2 is 1.80 bits per heavy atom. The molecule has 2 heterocycles. The van der Waals surface area contributed by atoms with Crippen LogP contribution in [-0.4, -0.2) is 46.4 Å². The quantitative estimate of drug-likeness (QED) is 0.644. The molecule has 30 heavy (non-hydrogen) atoms. The second-order valence-electron chi connectivity index (χ2n) is 6.49. The van der Waals surface area contributed by atoms with Crippen LogP contribution in [0.5, 0.6) is 0 Å². The van der Waals surface area contributed by atoms with Crippen molar-refractivity contribution in [2.75, 3.05) is 26.0 Å². The van der Waals surface area contributed by atoms with Crippen molar-refractivity contribution < 1.29 is 18.0 Å². The van der Waals surface area contributed by atoms with Gasteiger partial charge >= 0.3 is 6.18 Å². The summed E-state index contributed by atoms with van der Waals surface area (Å²) in [6, 6.07) is 9.64. The lowest BCUT2D eigenvalue weighted by Crippen LogP contribution is -2.29. The molecule has 1 amide bonds. The summed E-state index contributed by atoms with van der Waals surface area (Å²) in [5.74, 6) is 0.117. The van der Waals surface area contributed by atoms with Crippen LogP contribution in [-0.2, 0) is 11.0 Å². The Morgan fingerprint density at radius 3 is 2.37 bits per heavy atom. The van der Waals surface area contributed by atoms with E-state index in [9.17, 15) is 18.0 Å². The minimum Gasteiger partial charge on any atom is -0.360 e. The number of hydrogen-bond donors (Lipinski definition) is 1. The normalized spacial score (nSPS) is 11.3. The Labute approximate surface area is 175 Å². The van der Waals surface area contributed by atoms with Crippen molar-refractivity contribution in [1.29, 1.82) is 0 Å². The van der Waals surface area contributed by atoms with Crippen LogP contribution in [0.15, 0.2) is 48.7 Å². The molecular formula is C20H17ClF3N5O. The number of anilines is 1. The lowest BCUT2D eigenvalue weighted by molar-refractivity contribution is -0.137. The van der Waals surface area contributed by atoms with Gasteiger partial charge in [-0.2, -0.15) is 13.2 Å².